The van der Waals surface area contributed by atoms with Gasteiger partial charge in [-0.25, -0.2) is 0 Å². The van der Waals surface area contributed by atoms with Gasteiger partial charge < -0.3 is 25.0 Å². The highest BCUT2D eigenvalue weighted by molar-refractivity contribution is 6.05. The Bertz CT molecular complexity index is 903. The van der Waals surface area contributed by atoms with Crippen LogP contribution in [0.5, 0.6) is 5.75 Å². The summed E-state index contributed by atoms with van der Waals surface area (Å²) in [6, 6.07) is 14.2. The Hall–Kier alpha value is -2.90. The van der Waals surface area contributed by atoms with Crippen LogP contribution >= 0.6 is 0 Å². The quantitative estimate of drug-likeness (QED) is 0.790. The minimum atomic E-state index is -0.235. The van der Waals surface area contributed by atoms with Crippen LogP contribution in [-0.2, 0) is 4.74 Å². The van der Waals surface area contributed by atoms with Gasteiger partial charge in [-0.3, -0.25) is 9.59 Å². The van der Waals surface area contributed by atoms with E-state index in [1.54, 1.807) is 49.4 Å². The molecule has 1 aliphatic rings. The molecule has 0 fully saturated rings. The van der Waals surface area contributed by atoms with E-state index < -0.39 is 0 Å². The number of nitrogens with one attached hydrogen (secondary N) is 2. The highest BCUT2D eigenvalue weighted by Gasteiger charge is 2.25. The normalized spacial score (nSPS) is 22.5. The monoisotopic (exact) mass is 425 g/mol. The number of ether oxygens (including phenoxy) is 2. The van der Waals surface area contributed by atoms with Crippen molar-refractivity contribution >= 4 is 17.5 Å². The van der Waals surface area contributed by atoms with E-state index in [-0.39, 0.29) is 29.9 Å². The number of hydrogen-bond donors (Lipinski definition) is 2. The third-order valence-electron chi connectivity index (χ3n) is 5.52. The molecule has 2 N–H and O–H groups in total. The van der Waals surface area contributed by atoms with E-state index in [1.165, 1.54) is 0 Å². The molecule has 166 valence electrons. The number of nitrogens with zero attached hydrogens (tertiary/aromatic N) is 1. The second kappa shape index (κ2) is 10.4. The van der Waals surface area contributed by atoms with Crippen molar-refractivity contribution in [2.24, 2.45) is 5.92 Å². The van der Waals surface area contributed by atoms with E-state index >= 15 is 0 Å². The maximum absolute atomic E-state index is 13.3. The highest BCUT2D eigenvalue weighted by Crippen LogP contribution is 2.26. The lowest BCUT2D eigenvalue weighted by molar-refractivity contribution is 0.0281. The Kier molecular flexibility index (Phi) is 7.65. The first-order chi connectivity index (χ1) is 14.9. The molecule has 0 saturated heterocycles. The second-order valence-corrected chi connectivity index (χ2v) is 8.09. The fourth-order valence-electron chi connectivity index (χ4n) is 3.53. The van der Waals surface area contributed by atoms with Crippen molar-refractivity contribution in [2.75, 3.05) is 39.2 Å². The first kappa shape index (κ1) is 22.8. The molecule has 31 heavy (non-hydrogen) atoms. The van der Waals surface area contributed by atoms with Crippen LogP contribution in [0.2, 0.25) is 0 Å². The van der Waals surface area contributed by atoms with Gasteiger partial charge in [0.05, 0.1) is 11.7 Å². The van der Waals surface area contributed by atoms with E-state index in [0.717, 1.165) is 6.54 Å². The maximum Gasteiger partial charge on any atom is 0.257 e. The predicted octanol–water partition coefficient (Wildman–Crippen LogP) is 3.03. The fraction of sp³-hybridized carbons (Fsp3) is 0.417. The average molecular weight is 426 g/mol. The van der Waals surface area contributed by atoms with Crippen LogP contribution in [-0.4, -0.2) is 62.7 Å². The summed E-state index contributed by atoms with van der Waals surface area (Å²) in [6.45, 7) is 5.78. The van der Waals surface area contributed by atoms with Crippen molar-refractivity contribution in [3.63, 3.8) is 0 Å². The van der Waals surface area contributed by atoms with Crippen molar-refractivity contribution in [2.45, 2.75) is 26.0 Å². The summed E-state index contributed by atoms with van der Waals surface area (Å²) in [4.78, 5) is 27.4. The first-order valence-corrected chi connectivity index (χ1v) is 10.5. The number of rotatable bonds is 3. The van der Waals surface area contributed by atoms with Gasteiger partial charge >= 0.3 is 0 Å². The molecule has 0 aliphatic carbocycles. The smallest absolute Gasteiger partial charge is 0.257 e. The number of methoxy groups -OCH3 is 1. The number of amides is 2. The van der Waals surface area contributed by atoms with Gasteiger partial charge in [-0.05, 0) is 43.2 Å². The van der Waals surface area contributed by atoms with Gasteiger partial charge in [0.2, 0.25) is 0 Å². The molecule has 0 spiro atoms. The van der Waals surface area contributed by atoms with Crippen LogP contribution in [0.4, 0.5) is 5.69 Å². The van der Waals surface area contributed by atoms with Crippen LogP contribution in [0.1, 0.15) is 34.6 Å². The summed E-state index contributed by atoms with van der Waals surface area (Å²) in [5.41, 5.74) is 1.49. The third-order valence-corrected chi connectivity index (χ3v) is 5.52. The Morgan fingerprint density at radius 1 is 1.19 bits per heavy atom. The lowest BCUT2D eigenvalue weighted by Crippen LogP contribution is -2.44. The van der Waals surface area contributed by atoms with Crippen LogP contribution in [0.15, 0.2) is 48.5 Å². The van der Waals surface area contributed by atoms with Crippen LogP contribution in [0.25, 0.3) is 0 Å². The van der Waals surface area contributed by atoms with E-state index in [0.29, 0.717) is 35.7 Å². The molecule has 0 unspecified atom stereocenters. The molecule has 0 saturated carbocycles. The Morgan fingerprint density at radius 2 is 1.94 bits per heavy atom. The Labute approximate surface area is 183 Å². The molecule has 2 amide bonds. The molecule has 0 aromatic heterocycles. The number of benzene rings is 2. The molecule has 2 aromatic rings. The second-order valence-electron chi connectivity index (χ2n) is 8.09. The lowest BCUT2D eigenvalue weighted by atomic mass is 10.0. The van der Waals surface area contributed by atoms with Crippen LogP contribution in [0, 0.1) is 5.92 Å². The van der Waals surface area contributed by atoms with Crippen molar-refractivity contribution in [1.29, 1.82) is 0 Å². The molecule has 0 bridgehead atoms. The van der Waals surface area contributed by atoms with Gasteiger partial charge in [-0.15, -0.1) is 0 Å². The van der Waals surface area contributed by atoms with Crippen molar-refractivity contribution in [1.82, 2.24) is 10.2 Å². The average Bonchev–Trinajstić information content (AvgIpc) is 2.79. The number of anilines is 1. The number of likely N-dealkylation sites (N-methyl/N-ethyl adjacent to an activating group) is 1. The molecule has 2 aromatic carbocycles. The number of carbonyl (C=O) groups is 2. The summed E-state index contributed by atoms with van der Waals surface area (Å²) in [7, 11) is 3.42. The van der Waals surface area contributed by atoms with Crippen molar-refractivity contribution in [3.05, 3.63) is 59.7 Å². The zero-order valence-electron chi connectivity index (χ0n) is 18.6. The Morgan fingerprint density at radius 3 is 2.65 bits per heavy atom. The molecule has 7 nitrogen and oxygen atoms in total. The van der Waals surface area contributed by atoms with Gasteiger partial charge in [0.1, 0.15) is 12.4 Å². The zero-order chi connectivity index (χ0) is 22.4. The van der Waals surface area contributed by atoms with Gasteiger partial charge in [0.25, 0.3) is 11.8 Å². The third kappa shape index (κ3) is 5.83. The minimum absolute atomic E-state index is 0.0987. The fourth-order valence-corrected chi connectivity index (χ4v) is 3.53. The molecule has 0 radical (unpaired) electrons. The SMILES string of the molecule is CO[C@@H]1CN(C)C(=O)c2cc(NC(=O)c3ccccc3)ccc2OC[C@@H](C)NC[C@@H]1C. The molecule has 1 heterocycles. The maximum atomic E-state index is 13.3. The van der Waals surface area contributed by atoms with Crippen molar-refractivity contribution < 1.29 is 19.1 Å². The van der Waals surface area contributed by atoms with Gasteiger partial charge in [-0.1, -0.05) is 25.1 Å². The molecular formula is C24H31N3O4. The molecule has 1 aliphatic heterocycles. The predicted molar refractivity (Wildman–Crippen MR) is 121 cm³/mol. The molecule has 3 atom stereocenters. The topological polar surface area (TPSA) is 79.9 Å². The van der Waals surface area contributed by atoms with Crippen LogP contribution in [0.3, 0.4) is 0 Å². The molecule has 3 rings (SSSR count). The van der Waals surface area contributed by atoms with Crippen molar-refractivity contribution in [3.8, 4) is 5.75 Å². The number of hydrogen-bond acceptors (Lipinski definition) is 5. The van der Waals surface area contributed by atoms with Gasteiger partial charge in [-0.2, -0.15) is 0 Å². The van der Waals surface area contributed by atoms with E-state index in [4.69, 9.17) is 9.47 Å². The lowest BCUT2D eigenvalue weighted by Gasteiger charge is -2.30. The van der Waals surface area contributed by atoms with Crippen LogP contribution < -0.4 is 15.4 Å². The number of fused-ring (bicyclic) bond motifs is 1. The summed E-state index contributed by atoms with van der Waals surface area (Å²) >= 11 is 0. The van der Waals surface area contributed by atoms with Gasteiger partial charge in [0.15, 0.2) is 0 Å². The first-order valence-electron chi connectivity index (χ1n) is 10.5. The largest absolute Gasteiger partial charge is 0.491 e. The number of carbonyl (C=O) groups excluding carboxylic acids is 2. The molecular weight excluding hydrogens is 394 g/mol. The van der Waals surface area contributed by atoms with E-state index in [2.05, 4.69) is 17.6 Å². The summed E-state index contributed by atoms with van der Waals surface area (Å²) in [5, 5.41) is 6.33. The highest BCUT2D eigenvalue weighted by atomic mass is 16.5. The van der Waals surface area contributed by atoms with Gasteiger partial charge in [0, 0.05) is 44.5 Å². The minimum Gasteiger partial charge on any atom is -0.491 e. The van der Waals surface area contributed by atoms with E-state index in [9.17, 15) is 9.59 Å². The summed E-state index contributed by atoms with van der Waals surface area (Å²) in [5.74, 6) is 0.298. The molecule has 7 heteroatoms. The van der Waals surface area contributed by atoms with E-state index in [1.807, 2.05) is 25.1 Å². The summed E-state index contributed by atoms with van der Waals surface area (Å²) in [6.07, 6.45) is -0.0987. The Balaban J connectivity index is 1.88. The standard InChI is InChI=1S/C24H31N3O4/c1-16-13-25-17(2)15-31-21-11-10-19(26-23(28)18-8-6-5-7-9-18)12-20(21)24(29)27(3)14-22(16)30-4/h5-12,16-17,22,25H,13-15H2,1-4H3,(H,26,28)/t16-,17+,22+/m0/s1. The summed E-state index contributed by atoms with van der Waals surface area (Å²) < 4.78 is 11.6. The zero-order valence-corrected chi connectivity index (χ0v) is 18.6.